The number of urea groups is 1. The van der Waals surface area contributed by atoms with Crippen LogP contribution < -0.4 is 10.6 Å². The summed E-state index contributed by atoms with van der Waals surface area (Å²) < 4.78 is 0.542. The van der Waals surface area contributed by atoms with Gasteiger partial charge in [-0.05, 0) is 47.5 Å². The number of carbonyl (C=O) groups excluding carboxylic acids is 1. The molecule has 2 amide bonds. The van der Waals surface area contributed by atoms with Crippen molar-refractivity contribution < 1.29 is 14.7 Å². The predicted octanol–water partition coefficient (Wildman–Crippen LogP) is 2.70. The summed E-state index contributed by atoms with van der Waals surface area (Å²) in [4.78, 5) is 22.9. The van der Waals surface area contributed by atoms with Gasteiger partial charge in [0.15, 0.2) is 0 Å². The second kappa shape index (κ2) is 6.39. The number of nitriles is 1. The van der Waals surface area contributed by atoms with Crippen molar-refractivity contribution in [2.24, 2.45) is 0 Å². The van der Waals surface area contributed by atoms with Crippen molar-refractivity contribution in [1.82, 2.24) is 5.32 Å². The maximum Gasteiger partial charge on any atom is 0.329 e. The summed E-state index contributed by atoms with van der Waals surface area (Å²) in [5.41, 5.74) is -0.430. The molecule has 1 unspecified atom stereocenters. The molecular formula is C13H14BrN3O3. The number of nitrogens with zero attached hydrogens (tertiary/aromatic N) is 1. The van der Waals surface area contributed by atoms with Gasteiger partial charge in [-0.15, -0.1) is 0 Å². The van der Waals surface area contributed by atoms with Crippen LogP contribution in [0.4, 0.5) is 10.5 Å². The summed E-state index contributed by atoms with van der Waals surface area (Å²) in [6.45, 7) is 3.11. The molecule has 20 heavy (non-hydrogen) atoms. The third kappa shape index (κ3) is 3.71. The fourth-order valence-electron chi connectivity index (χ4n) is 1.38. The molecule has 0 aliphatic heterocycles. The average Bonchev–Trinajstić information content (AvgIpc) is 2.40. The van der Waals surface area contributed by atoms with E-state index in [0.29, 0.717) is 15.7 Å². The highest BCUT2D eigenvalue weighted by Crippen LogP contribution is 2.23. The molecule has 0 heterocycles. The number of hydrogen-bond donors (Lipinski definition) is 3. The lowest BCUT2D eigenvalue weighted by Crippen LogP contribution is -2.53. The van der Waals surface area contributed by atoms with Gasteiger partial charge in [-0.1, -0.05) is 6.92 Å². The van der Waals surface area contributed by atoms with E-state index in [0.717, 1.165) is 0 Å². The number of nitrogens with one attached hydrogen (secondary N) is 2. The Morgan fingerprint density at radius 1 is 1.50 bits per heavy atom. The van der Waals surface area contributed by atoms with Crippen molar-refractivity contribution in [2.45, 2.75) is 25.8 Å². The molecule has 0 fully saturated rings. The van der Waals surface area contributed by atoms with Crippen molar-refractivity contribution in [1.29, 1.82) is 5.26 Å². The van der Waals surface area contributed by atoms with Crippen molar-refractivity contribution >= 4 is 33.6 Å². The van der Waals surface area contributed by atoms with Crippen molar-refractivity contribution in [3.8, 4) is 6.07 Å². The third-order valence-electron chi connectivity index (χ3n) is 2.91. The quantitative estimate of drug-likeness (QED) is 0.784. The first-order valence-corrected chi connectivity index (χ1v) is 6.64. The molecule has 3 N–H and O–H groups in total. The number of amides is 2. The third-order valence-corrected chi connectivity index (χ3v) is 3.57. The smallest absolute Gasteiger partial charge is 0.329 e. The first-order chi connectivity index (χ1) is 9.32. The van der Waals surface area contributed by atoms with Gasteiger partial charge >= 0.3 is 12.0 Å². The number of carboxylic acid groups (broad SMARTS) is 1. The summed E-state index contributed by atoms with van der Waals surface area (Å²) >= 11 is 3.23. The molecule has 0 saturated carbocycles. The Balaban J connectivity index is 2.82. The molecule has 0 spiro atoms. The Morgan fingerprint density at radius 2 is 2.15 bits per heavy atom. The molecule has 1 rings (SSSR count). The maximum absolute atomic E-state index is 11.8. The summed E-state index contributed by atoms with van der Waals surface area (Å²) in [7, 11) is 0. The highest BCUT2D eigenvalue weighted by molar-refractivity contribution is 9.10. The monoisotopic (exact) mass is 339 g/mol. The van der Waals surface area contributed by atoms with Crippen LogP contribution >= 0.6 is 15.9 Å². The van der Waals surface area contributed by atoms with E-state index in [2.05, 4.69) is 26.6 Å². The van der Waals surface area contributed by atoms with E-state index in [1.54, 1.807) is 25.1 Å². The van der Waals surface area contributed by atoms with Gasteiger partial charge in [0.05, 0.1) is 17.3 Å². The number of halogens is 1. The Morgan fingerprint density at radius 3 is 2.60 bits per heavy atom. The zero-order valence-electron chi connectivity index (χ0n) is 11.0. The van der Waals surface area contributed by atoms with Crippen LogP contribution in [0.1, 0.15) is 25.8 Å². The standard InChI is InChI=1S/C13H14BrN3O3/c1-3-13(2,11(18)19)17-12(20)16-10-5-4-8(7-15)6-9(10)14/h4-6H,3H2,1-2H3,(H,18,19)(H2,16,17,20). The Bertz CT molecular complexity index is 583. The van der Waals surface area contributed by atoms with E-state index in [4.69, 9.17) is 10.4 Å². The van der Waals surface area contributed by atoms with Gasteiger partial charge in [-0.25, -0.2) is 9.59 Å². The zero-order valence-corrected chi connectivity index (χ0v) is 12.6. The number of carbonyl (C=O) groups is 2. The van der Waals surface area contributed by atoms with Gasteiger partial charge in [-0.2, -0.15) is 5.26 Å². The van der Waals surface area contributed by atoms with Gasteiger partial charge in [0.1, 0.15) is 5.54 Å². The predicted molar refractivity (Wildman–Crippen MR) is 77.3 cm³/mol. The second-order valence-electron chi connectivity index (χ2n) is 4.38. The SMILES string of the molecule is CCC(C)(NC(=O)Nc1ccc(C#N)cc1Br)C(=O)O. The van der Waals surface area contributed by atoms with E-state index in [9.17, 15) is 9.59 Å². The molecule has 0 aromatic heterocycles. The van der Waals surface area contributed by atoms with Gasteiger partial charge < -0.3 is 15.7 Å². The fourth-order valence-corrected chi connectivity index (χ4v) is 1.86. The van der Waals surface area contributed by atoms with Gasteiger partial charge in [0, 0.05) is 4.47 Å². The molecule has 0 radical (unpaired) electrons. The number of hydrogen-bond acceptors (Lipinski definition) is 3. The number of benzene rings is 1. The molecule has 7 heteroatoms. The van der Waals surface area contributed by atoms with Crippen LogP contribution in [0.3, 0.4) is 0 Å². The average molecular weight is 340 g/mol. The number of anilines is 1. The lowest BCUT2D eigenvalue weighted by molar-refractivity contribution is -0.143. The zero-order chi connectivity index (χ0) is 15.3. The normalized spacial score (nSPS) is 12.9. The minimum atomic E-state index is -1.33. The molecule has 0 aliphatic rings. The molecule has 0 saturated heterocycles. The number of rotatable bonds is 4. The van der Waals surface area contributed by atoms with Crippen molar-refractivity contribution in [3.63, 3.8) is 0 Å². The second-order valence-corrected chi connectivity index (χ2v) is 5.23. The summed E-state index contributed by atoms with van der Waals surface area (Å²) in [6.07, 6.45) is 0.254. The van der Waals surface area contributed by atoms with Crippen LogP contribution in [-0.4, -0.2) is 22.6 Å². The minimum absolute atomic E-state index is 0.254. The highest BCUT2D eigenvalue weighted by Gasteiger charge is 2.32. The summed E-state index contributed by atoms with van der Waals surface area (Å²) in [5, 5.41) is 22.8. The fraction of sp³-hybridized carbons (Fsp3) is 0.308. The lowest BCUT2D eigenvalue weighted by atomic mass is 10.00. The molecule has 1 aromatic rings. The van der Waals surface area contributed by atoms with E-state index in [1.165, 1.54) is 6.92 Å². The van der Waals surface area contributed by atoms with Crippen LogP contribution in [0.2, 0.25) is 0 Å². The highest BCUT2D eigenvalue weighted by atomic mass is 79.9. The molecule has 6 nitrogen and oxygen atoms in total. The topological polar surface area (TPSA) is 102 Å². The Hall–Kier alpha value is -2.07. The minimum Gasteiger partial charge on any atom is -0.480 e. The van der Waals surface area contributed by atoms with E-state index in [-0.39, 0.29) is 6.42 Å². The first kappa shape index (κ1) is 16.0. The number of carboxylic acids is 1. The van der Waals surface area contributed by atoms with Gasteiger partial charge in [0.2, 0.25) is 0 Å². The number of aliphatic carboxylic acids is 1. The van der Waals surface area contributed by atoms with Crippen LogP contribution in [-0.2, 0) is 4.79 Å². The molecular weight excluding hydrogens is 326 g/mol. The van der Waals surface area contributed by atoms with Crippen molar-refractivity contribution in [3.05, 3.63) is 28.2 Å². The van der Waals surface area contributed by atoms with E-state index >= 15 is 0 Å². The van der Waals surface area contributed by atoms with Gasteiger partial charge in [-0.3, -0.25) is 0 Å². The van der Waals surface area contributed by atoms with Crippen LogP contribution in [0.5, 0.6) is 0 Å². The van der Waals surface area contributed by atoms with Gasteiger partial charge in [0.25, 0.3) is 0 Å². The molecule has 0 aliphatic carbocycles. The van der Waals surface area contributed by atoms with Crippen LogP contribution in [0.15, 0.2) is 22.7 Å². The summed E-state index contributed by atoms with van der Waals surface area (Å²) in [6, 6.07) is 6.03. The maximum atomic E-state index is 11.8. The largest absolute Gasteiger partial charge is 0.480 e. The lowest BCUT2D eigenvalue weighted by Gasteiger charge is -2.24. The Labute approximate surface area is 124 Å². The summed E-state index contributed by atoms with van der Waals surface area (Å²) in [5.74, 6) is -1.10. The molecule has 1 atom stereocenters. The molecule has 1 aromatic carbocycles. The van der Waals surface area contributed by atoms with Crippen molar-refractivity contribution in [2.75, 3.05) is 5.32 Å². The first-order valence-electron chi connectivity index (χ1n) is 5.84. The molecule has 0 bridgehead atoms. The van der Waals surface area contributed by atoms with Crippen LogP contribution in [0.25, 0.3) is 0 Å². The van der Waals surface area contributed by atoms with E-state index in [1.807, 2.05) is 6.07 Å². The Kier molecular flexibility index (Phi) is 5.11. The van der Waals surface area contributed by atoms with E-state index < -0.39 is 17.5 Å². The molecule has 106 valence electrons. The van der Waals surface area contributed by atoms with Crippen LogP contribution in [0, 0.1) is 11.3 Å².